The van der Waals surface area contributed by atoms with Crippen molar-refractivity contribution in [1.82, 2.24) is 0 Å². The van der Waals surface area contributed by atoms with Gasteiger partial charge >= 0.3 is 0 Å². The van der Waals surface area contributed by atoms with Gasteiger partial charge in [0.05, 0.1) is 12.7 Å². The zero-order chi connectivity index (χ0) is 7.72. The van der Waals surface area contributed by atoms with Crippen LogP contribution in [0.1, 0.15) is 6.92 Å². The molecule has 0 saturated carbocycles. The lowest BCUT2D eigenvalue weighted by atomic mass is 10.0. The van der Waals surface area contributed by atoms with E-state index in [4.69, 9.17) is 20.1 Å². The van der Waals surface area contributed by atoms with Crippen LogP contribution in [0.3, 0.4) is 0 Å². The van der Waals surface area contributed by atoms with E-state index in [1.54, 1.807) is 6.92 Å². The predicted octanol–water partition coefficient (Wildman–Crippen LogP) is -1.51. The normalized spacial score (nSPS) is 49.2. The Morgan fingerprint density at radius 1 is 1.20 bits per heavy atom. The summed E-state index contributed by atoms with van der Waals surface area (Å²) in [6.45, 7) is 1.75. The number of hydrogen-bond acceptors (Lipinski definition) is 4. The Kier molecular flexibility index (Phi) is 2.25. The number of hydrogen-bond donors (Lipinski definition) is 3. The van der Waals surface area contributed by atoms with Gasteiger partial charge in [0, 0.05) is 0 Å². The van der Waals surface area contributed by atoms with Crippen LogP contribution in [-0.2, 0) is 4.74 Å². The second-order valence-electron chi connectivity index (χ2n) is 2.59. The number of ether oxygens (including phenoxy) is 1. The van der Waals surface area contributed by atoms with Gasteiger partial charge in [-0.05, 0) is 6.92 Å². The van der Waals surface area contributed by atoms with Crippen molar-refractivity contribution in [3.8, 4) is 0 Å². The summed E-state index contributed by atoms with van der Waals surface area (Å²) in [6, 6.07) is 0. The molecule has 0 aromatic rings. The van der Waals surface area contributed by atoms with Crippen molar-refractivity contribution in [1.29, 1.82) is 0 Å². The van der Waals surface area contributed by atoms with Gasteiger partial charge in [0.2, 0.25) is 0 Å². The highest BCUT2D eigenvalue weighted by molar-refractivity contribution is 4.83. The first-order chi connectivity index (χ1) is 4.63. The molecule has 4 nitrogen and oxygen atoms in total. The average molecular weight is 148 g/mol. The molecule has 4 heteroatoms. The molecule has 4 atom stereocenters. The Hall–Kier alpha value is -0.160. The Morgan fingerprint density at radius 3 is 2.30 bits per heavy atom. The van der Waals surface area contributed by atoms with Crippen molar-refractivity contribution in [2.45, 2.75) is 31.3 Å². The van der Waals surface area contributed by atoms with Crippen molar-refractivity contribution in [2.75, 3.05) is 6.61 Å². The molecule has 1 aliphatic heterocycles. The molecule has 0 amide bonds. The maximum absolute atomic E-state index is 9.08. The van der Waals surface area contributed by atoms with Gasteiger partial charge in [0.25, 0.3) is 0 Å². The molecule has 0 aromatic heterocycles. The third-order valence-corrected chi connectivity index (χ3v) is 1.75. The van der Waals surface area contributed by atoms with Gasteiger partial charge in [-0.1, -0.05) is 0 Å². The quantitative estimate of drug-likeness (QED) is 0.390. The summed E-state index contributed by atoms with van der Waals surface area (Å²) in [5.41, 5.74) is 0. The van der Waals surface area contributed by atoms with Crippen LogP contribution in [0.25, 0.3) is 0 Å². The third-order valence-electron chi connectivity index (χ3n) is 1.75. The van der Waals surface area contributed by atoms with Crippen LogP contribution in [0.5, 0.6) is 0 Å². The number of aliphatic hydroxyl groups is 3. The molecule has 3 N–H and O–H groups in total. The summed E-state index contributed by atoms with van der Waals surface area (Å²) >= 11 is 0. The lowest BCUT2D eigenvalue weighted by molar-refractivity contribution is -0.181. The zero-order valence-electron chi connectivity index (χ0n) is 5.77. The van der Waals surface area contributed by atoms with E-state index in [0.717, 1.165) is 0 Å². The Morgan fingerprint density at radius 2 is 1.80 bits per heavy atom. The molecule has 0 spiro atoms. The summed E-state index contributed by atoms with van der Waals surface area (Å²) in [5.74, 6) is 0. The van der Waals surface area contributed by atoms with E-state index in [-0.39, 0.29) is 6.61 Å². The standard InChI is InChI=1S/C6H12O4/c1-3-5(8)6(9)4(7)2-10-3/h3-9H,2H2,1H3/t3?,4-,5-,6?/m1/s1. The topological polar surface area (TPSA) is 69.9 Å². The fourth-order valence-corrected chi connectivity index (χ4v) is 0.953. The van der Waals surface area contributed by atoms with Crippen molar-refractivity contribution in [3.63, 3.8) is 0 Å². The highest BCUT2D eigenvalue weighted by Crippen LogP contribution is 2.14. The summed E-state index contributed by atoms with van der Waals surface area (Å²) in [6.07, 6.45) is -3.38. The molecule has 60 valence electrons. The Bertz CT molecular complexity index is 102. The fraction of sp³-hybridized carbons (Fsp3) is 1.00. The van der Waals surface area contributed by atoms with Gasteiger partial charge in [-0.25, -0.2) is 0 Å². The van der Waals surface area contributed by atoms with Crippen LogP contribution in [0.2, 0.25) is 0 Å². The van der Waals surface area contributed by atoms with E-state index in [9.17, 15) is 0 Å². The first-order valence-corrected chi connectivity index (χ1v) is 3.28. The molecular weight excluding hydrogens is 136 g/mol. The van der Waals surface area contributed by atoms with E-state index in [0.29, 0.717) is 0 Å². The van der Waals surface area contributed by atoms with Crippen LogP contribution in [0.4, 0.5) is 0 Å². The molecule has 1 fully saturated rings. The SMILES string of the molecule is CC1OC[C@@H](O)C(O)[C@@H]1O. The molecule has 0 radical (unpaired) electrons. The van der Waals surface area contributed by atoms with Crippen molar-refractivity contribution < 1.29 is 20.1 Å². The van der Waals surface area contributed by atoms with Gasteiger partial charge in [0.1, 0.15) is 18.3 Å². The van der Waals surface area contributed by atoms with Crippen molar-refractivity contribution in [3.05, 3.63) is 0 Å². The van der Waals surface area contributed by atoms with Gasteiger partial charge in [-0.15, -0.1) is 0 Å². The minimum Gasteiger partial charge on any atom is -0.388 e. The largest absolute Gasteiger partial charge is 0.388 e. The highest BCUT2D eigenvalue weighted by atomic mass is 16.5. The van der Waals surface area contributed by atoms with Crippen LogP contribution < -0.4 is 0 Å². The maximum atomic E-state index is 9.08. The van der Waals surface area contributed by atoms with E-state index in [1.807, 2.05) is 0 Å². The van der Waals surface area contributed by atoms with Crippen LogP contribution in [-0.4, -0.2) is 46.3 Å². The molecule has 2 unspecified atom stereocenters. The molecule has 0 aromatic carbocycles. The van der Waals surface area contributed by atoms with E-state index < -0.39 is 24.4 Å². The minimum absolute atomic E-state index is 0.0966. The maximum Gasteiger partial charge on any atom is 0.110 e. The average Bonchev–Trinajstić information content (AvgIpc) is 1.93. The van der Waals surface area contributed by atoms with Crippen LogP contribution in [0, 0.1) is 0 Å². The first kappa shape index (κ1) is 7.94. The van der Waals surface area contributed by atoms with Crippen molar-refractivity contribution >= 4 is 0 Å². The fourth-order valence-electron chi connectivity index (χ4n) is 0.953. The smallest absolute Gasteiger partial charge is 0.110 e. The van der Waals surface area contributed by atoms with Crippen molar-refractivity contribution in [2.24, 2.45) is 0 Å². The molecule has 0 aliphatic carbocycles. The first-order valence-electron chi connectivity index (χ1n) is 3.28. The lowest BCUT2D eigenvalue weighted by Crippen LogP contribution is -2.51. The summed E-state index contributed by atoms with van der Waals surface area (Å²) < 4.78 is 4.91. The Labute approximate surface area is 59.1 Å². The number of rotatable bonds is 0. The lowest BCUT2D eigenvalue weighted by Gasteiger charge is -2.33. The summed E-state index contributed by atoms with van der Waals surface area (Å²) in [7, 11) is 0. The van der Waals surface area contributed by atoms with Crippen LogP contribution in [0.15, 0.2) is 0 Å². The van der Waals surface area contributed by atoms with E-state index >= 15 is 0 Å². The van der Waals surface area contributed by atoms with Crippen LogP contribution >= 0.6 is 0 Å². The van der Waals surface area contributed by atoms with Gasteiger partial charge < -0.3 is 20.1 Å². The molecular formula is C6H12O4. The molecule has 1 rings (SSSR count). The second kappa shape index (κ2) is 2.84. The summed E-state index contributed by atoms with van der Waals surface area (Å²) in [4.78, 5) is 0. The van der Waals surface area contributed by atoms with Gasteiger partial charge in [-0.3, -0.25) is 0 Å². The number of aliphatic hydroxyl groups excluding tert-OH is 3. The predicted molar refractivity (Wildman–Crippen MR) is 33.4 cm³/mol. The van der Waals surface area contributed by atoms with E-state index in [2.05, 4.69) is 0 Å². The van der Waals surface area contributed by atoms with Gasteiger partial charge in [0.15, 0.2) is 0 Å². The Balaban J connectivity index is 2.52. The van der Waals surface area contributed by atoms with E-state index in [1.165, 1.54) is 0 Å². The zero-order valence-corrected chi connectivity index (χ0v) is 5.77. The molecule has 1 saturated heterocycles. The molecule has 1 aliphatic rings. The van der Waals surface area contributed by atoms with Gasteiger partial charge in [-0.2, -0.15) is 0 Å². The molecule has 1 heterocycles. The summed E-state index contributed by atoms with van der Waals surface area (Å²) in [5, 5.41) is 27.0. The second-order valence-corrected chi connectivity index (χ2v) is 2.59. The minimum atomic E-state index is -1.07. The molecule has 10 heavy (non-hydrogen) atoms. The monoisotopic (exact) mass is 148 g/mol. The third kappa shape index (κ3) is 1.29. The highest BCUT2D eigenvalue weighted by Gasteiger charge is 2.34. The molecule has 0 bridgehead atoms.